The number of carbonyl (C=O) groups excluding carboxylic acids is 1. The number of anilines is 1. The van der Waals surface area contributed by atoms with Crippen molar-refractivity contribution < 1.29 is 4.79 Å². The van der Waals surface area contributed by atoms with E-state index in [2.05, 4.69) is 20.4 Å². The normalized spacial score (nSPS) is 14.1. The molecule has 3 aromatic rings. The summed E-state index contributed by atoms with van der Waals surface area (Å²) in [4.78, 5) is 34.0. The third-order valence-electron chi connectivity index (χ3n) is 4.15. The smallest absolute Gasteiger partial charge is 0.323 e. The summed E-state index contributed by atoms with van der Waals surface area (Å²) in [5.74, 6) is 0.200. The zero-order valence-electron chi connectivity index (χ0n) is 13.8. The van der Waals surface area contributed by atoms with Crippen molar-refractivity contribution in [1.82, 2.24) is 24.6 Å². The van der Waals surface area contributed by atoms with Crippen molar-refractivity contribution in [3.63, 3.8) is 0 Å². The molecule has 1 aliphatic rings. The highest BCUT2D eigenvalue weighted by Gasteiger charge is 2.31. The van der Waals surface area contributed by atoms with Gasteiger partial charge in [-0.3, -0.25) is 15.1 Å². The van der Waals surface area contributed by atoms with Crippen molar-refractivity contribution in [2.75, 3.05) is 18.4 Å². The second-order valence-corrected chi connectivity index (χ2v) is 6.91. The van der Waals surface area contributed by atoms with E-state index in [0.29, 0.717) is 30.5 Å². The predicted molar refractivity (Wildman–Crippen MR) is 97.9 cm³/mol. The Morgan fingerprint density at radius 3 is 2.88 bits per heavy atom. The molecule has 26 heavy (non-hydrogen) atoms. The minimum Gasteiger partial charge on any atom is -0.324 e. The number of rotatable bonds is 4. The molecule has 2 amide bonds. The average Bonchev–Trinajstić information content (AvgIpc) is 3.12. The van der Waals surface area contributed by atoms with Crippen LogP contribution < -0.4 is 10.9 Å². The van der Waals surface area contributed by atoms with Gasteiger partial charge in [0.05, 0.1) is 12.2 Å². The van der Waals surface area contributed by atoms with Gasteiger partial charge in [0.2, 0.25) is 0 Å². The Balaban J connectivity index is 1.38. The third kappa shape index (κ3) is 3.47. The van der Waals surface area contributed by atoms with E-state index < -0.39 is 0 Å². The van der Waals surface area contributed by atoms with Gasteiger partial charge in [0, 0.05) is 54.6 Å². The zero-order valence-corrected chi connectivity index (χ0v) is 14.6. The molecule has 132 valence electrons. The standard InChI is InChI=1S/C17H16N6O2S/c24-15-4-3-14(13-2-1-5-18-8-13)21-23(15)11-12-9-22(10-12)17(25)20-16-19-6-7-26-16/h1-8,12H,9-11H2,(H,19,20,25). The van der Waals surface area contributed by atoms with Gasteiger partial charge in [-0.05, 0) is 18.2 Å². The second kappa shape index (κ2) is 7.04. The van der Waals surface area contributed by atoms with Crippen LogP contribution in [0.1, 0.15) is 0 Å². The van der Waals surface area contributed by atoms with Crippen LogP contribution in [0.15, 0.2) is 53.0 Å². The molecule has 9 heteroatoms. The minimum absolute atomic E-state index is 0.150. The predicted octanol–water partition coefficient (Wildman–Crippen LogP) is 1.93. The summed E-state index contributed by atoms with van der Waals surface area (Å²) in [5, 5.41) is 9.58. The molecule has 1 saturated heterocycles. The molecule has 0 radical (unpaired) electrons. The van der Waals surface area contributed by atoms with E-state index in [0.717, 1.165) is 5.56 Å². The average molecular weight is 368 g/mol. The Morgan fingerprint density at radius 2 is 2.15 bits per heavy atom. The van der Waals surface area contributed by atoms with Crippen molar-refractivity contribution in [2.24, 2.45) is 5.92 Å². The van der Waals surface area contributed by atoms with Crippen molar-refractivity contribution in [3.05, 3.63) is 58.6 Å². The minimum atomic E-state index is -0.166. The highest BCUT2D eigenvalue weighted by molar-refractivity contribution is 7.13. The van der Waals surface area contributed by atoms with Crippen LogP contribution >= 0.6 is 11.3 Å². The fraction of sp³-hybridized carbons (Fsp3) is 0.235. The number of amides is 2. The molecular formula is C17H16N6O2S. The van der Waals surface area contributed by atoms with Crippen LogP contribution in [0.2, 0.25) is 0 Å². The lowest BCUT2D eigenvalue weighted by molar-refractivity contribution is 0.116. The number of nitrogens with zero attached hydrogens (tertiary/aromatic N) is 5. The van der Waals surface area contributed by atoms with Crippen LogP contribution in [0.5, 0.6) is 0 Å². The zero-order chi connectivity index (χ0) is 17.9. The molecule has 1 aliphatic heterocycles. The molecule has 0 unspecified atom stereocenters. The first-order valence-corrected chi connectivity index (χ1v) is 9.01. The monoisotopic (exact) mass is 368 g/mol. The first-order valence-electron chi connectivity index (χ1n) is 8.13. The number of hydrogen-bond acceptors (Lipinski definition) is 6. The van der Waals surface area contributed by atoms with Gasteiger partial charge >= 0.3 is 6.03 Å². The number of carbonyl (C=O) groups is 1. The SMILES string of the molecule is O=C(Nc1nccs1)N1CC(Cn2nc(-c3cccnc3)ccc2=O)C1. The number of urea groups is 1. The number of aromatic nitrogens is 4. The molecule has 4 heterocycles. The quantitative estimate of drug-likeness (QED) is 0.759. The maximum atomic E-state index is 12.1. The Labute approximate surface area is 153 Å². The van der Waals surface area contributed by atoms with Crippen LogP contribution in [-0.4, -0.2) is 43.8 Å². The van der Waals surface area contributed by atoms with Crippen LogP contribution in [0, 0.1) is 5.92 Å². The Hall–Kier alpha value is -3.07. The Bertz CT molecular complexity index is 951. The molecular weight excluding hydrogens is 352 g/mol. The largest absolute Gasteiger partial charge is 0.324 e. The van der Waals surface area contributed by atoms with Gasteiger partial charge in [-0.25, -0.2) is 14.5 Å². The van der Waals surface area contributed by atoms with E-state index in [1.807, 2.05) is 17.5 Å². The summed E-state index contributed by atoms with van der Waals surface area (Å²) in [7, 11) is 0. The summed E-state index contributed by atoms with van der Waals surface area (Å²) in [6, 6.07) is 6.78. The van der Waals surface area contributed by atoms with E-state index in [4.69, 9.17) is 0 Å². The molecule has 1 fully saturated rings. The molecule has 0 saturated carbocycles. The van der Waals surface area contributed by atoms with Crippen LogP contribution in [0.3, 0.4) is 0 Å². The lowest BCUT2D eigenvalue weighted by atomic mass is 10.0. The molecule has 4 rings (SSSR count). The topological polar surface area (TPSA) is 93.0 Å². The molecule has 0 spiro atoms. The number of pyridine rings is 1. The highest BCUT2D eigenvalue weighted by Crippen LogP contribution is 2.20. The van der Waals surface area contributed by atoms with Crippen molar-refractivity contribution in [2.45, 2.75) is 6.54 Å². The molecule has 0 bridgehead atoms. The van der Waals surface area contributed by atoms with Gasteiger partial charge in [-0.15, -0.1) is 11.3 Å². The van der Waals surface area contributed by atoms with E-state index in [9.17, 15) is 9.59 Å². The molecule has 0 aliphatic carbocycles. The molecule has 0 atom stereocenters. The van der Waals surface area contributed by atoms with Gasteiger partial charge in [-0.2, -0.15) is 5.10 Å². The third-order valence-corrected chi connectivity index (χ3v) is 4.83. The highest BCUT2D eigenvalue weighted by atomic mass is 32.1. The maximum absolute atomic E-state index is 12.1. The lowest BCUT2D eigenvalue weighted by Crippen LogP contribution is -2.53. The van der Waals surface area contributed by atoms with Crippen LogP contribution in [-0.2, 0) is 6.54 Å². The molecule has 3 aromatic heterocycles. The van der Waals surface area contributed by atoms with Gasteiger partial charge in [0.1, 0.15) is 0 Å². The molecule has 0 aromatic carbocycles. The fourth-order valence-corrected chi connectivity index (χ4v) is 3.32. The van der Waals surface area contributed by atoms with Crippen LogP contribution in [0.25, 0.3) is 11.3 Å². The summed E-state index contributed by atoms with van der Waals surface area (Å²) in [6.07, 6.45) is 5.05. The first-order chi connectivity index (χ1) is 12.7. The second-order valence-electron chi connectivity index (χ2n) is 6.02. The van der Waals surface area contributed by atoms with Gasteiger partial charge in [-0.1, -0.05) is 0 Å². The molecule has 1 N–H and O–H groups in total. The van der Waals surface area contributed by atoms with E-state index in [1.54, 1.807) is 29.6 Å². The van der Waals surface area contributed by atoms with Crippen molar-refractivity contribution >= 4 is 22.5 Å². The number of likely N-dealkylation sites (tertiary alicyclic amines) is 1. The van der Waals surface area contributed by atoms with Gasteiger partial charge in [0.15, 0.2) is 5.13 Å². The van der Waals surface area contributed by atoms with E-state index in [1.165, 1.54) is 22.1 Å². The van der Waals surface area contributed by atoms with E-state index >= 15 is 0 Å². The van der Waals surface area contributed by atoms with Crippen molar-refractivity contribution in [1.29, 1.82) is 0 Å². The van der Waals surface area contributed by atoms with Gasteiger partial charge in [0.25, 0.3) is 5.56 Å². The van der Waals surface area contributed by atoms with Crippen molar-refractivity contribution in [3.8, 4) is 11.3 Å². The lowest BCUT2D eigenvalue weighted by Gasteiger charge is -2.38. The summed E-state index contributed by atoms with van der Waals surface area (Å²) in [5.41, 5.74) is 1.41. The number of nitrogens with one attached hydrogen (secondary N) is 1. The number of hydrogen-bond donors (Lipinski definition) is 1. The van der Waals surface area contributed by atoms with Gasteiger partial charge < -0.3 is 4.90 Å². The Morgan fingerprint density at radius 1 is 1.27 bits per heavy atom. The maximum Gasteiger partial charge on any atom is 0.323 e. The Kier molecular flexibility index (Phi) is 4.44. The molecule has 8 nitrogen and oxygen atoms in total. The van der Waals surface area contributed by atoms with E-state index in [-0.39, 0.29) is 17.5 Å². The first kappa shape index (κ1) is 16.4. The summed E-state index contributed by atoms with van der Waals surface area (Å²) in [6.45, 7) is 1.65. The fourth-order valence-electron chi connectivity index (χ4n) is 2.80. The summed E-state index contributed by atoms with van der Waals surface area (Å²) < 4.78 is 1.46. The summed E-state index contributed by atoms with van der Waals surface area (Å²) >= 11 is 1.38. The number of thiazole rings is 1. The van der Waals surface area contributed by atoms with Crippen LogP contribution in [0.4, 0.5) is 9.93 Å².